The molecule has 0 bridgehead atoms. The van der Waals surface area contributed by atoms with Crippen molar-refractivity contribution in [1.29, 1.82) is 0 Å². The highest BCUT2D eigenvalue weighted by Gasteiger charge is 2.29. The molecule has 2 aromatic heterocycles. The Kier molecular flexibility index (Phi) is 4.34. The lowest BCUT2D eigenvalue weighted by Gasteiger charge is -2.32. The zero-order valence-corrected chi connectivity index (χ0v) is 14.7. The predicted molar refractivity (Wildman–Crippen MR) is 101 cm³/mol. The summed E-state index contributed by atoms with van der Waals surface area (Å²) in [6.45, 7) is 0.691. The van der Waals surface area contributed by atoms with E-state index in [9.17, 15) is 0 Å². The Morgan fingerprint density at radius 3 is 2.85 bits per heavy atom. The predicted octanol–water partition coefficient (Wildman–Crippen LogP) is 1.80. The first-order valence-corrected chi connectivity index (χ1v) is 8.77. The molecular weight excluding hydrogens is 330 g/mol. The third-order valence-electron chi connectivity index (χ3n) is 4.76. The molecule has 1 aromatic carbocycles. The molecule has 8 heteroatoms. The van der Waals surface area contributed by atoms with E-state index in [-0.39, 0.29) is 6.04 Å². The molecule has 0 aliphatic heterocycles. The number of anilines is 2. The van der Waals surface area contributed by atoms with Gasteiger partial charge in [0.2, 0.25) is 5.95 Å². The molecule has 1 aliphatic carbocycles. The molecule has 136 valence electrons. The highest BCUT2D eigenvalue weighted by atomic mass is 16.5. The Bertz CT molecular complexity index is 917. The lowest BCUT2D eigenvalue weighted by molar-refractivity contribution is 0.345. The van der Waals surface area contributed by atoms with Crippen molar-refractivity contribution in [2.45, 2.75) is 31.2 Å². The summed E-state index contributed by atoms with van der Waals surface area (Å²) in [5.41, 5.74) is 14.6. The molecule has 0 unspecified atom stereocenters. The zero-order valence-electron chi connectivity index (χ0n) is 14.7. The molecule has 1 fully saturated rings. The Morgan fingerprint density at radius 2 is 2.08 bits per heavy atom. The van der Waals surface area contributed by atoms with Gasteiger partial charge in [0.15, 0.2) is 0 Å². The molecule has 0 amide bonds. The maximum absolute atomic E-state index is 5.87. The van der Waals surface area contributed by atoms with Gasteiger partial charge in [-0.15, -0.1) is 0 Å². The number of fused-ring (bicyclic) bond motifs is 1. The average Bonchev–Trinajstić information content (AvgIpc) is 3.00. The van der Waals surface area contributed by atoms with Crippen molar-refractivity contribution >= 4 is 22.8 Å². The molecule has 1 aliphatic rings. The molecule has 4 rings (SSSR count). The van der Waals surface area contributed by atoms with Crippen LogP contribution in [0.25, 0.3) is 11.0 Å². The van der Waals surface area contributed by atoms with E-state index in [2.05, 4.69) is 25.3 Å². The molecule has 2 heterocycles. The number of nitrogen functional groups attached to an aromatic ring is 1. The minimum atomic E-state index is 0.277. The number of nitrogens with two attached hydrogens (primary N) is 2. The van der Waals surface area contributed by atoms with Gasteiger partial charge in [-0.05, 0) is 25.0 Å². The highest BCUT2D eigenvalue weighted by Crippen LogP contribution is 2.35. The van der Waals surface area contributed by atoms with Crippen LogP contribution in [0.15, 0.2) is 24.3 Å². The van der Waals surface area contributed by atoms with Crippen molar-refractivity contribution in [2.75, 3.05) is 24.7 Å². The first kappa shape index (κ1) is 16.6. The molecule has 26 heavy (non-hydrogen) atoms. The number of nitrogens with zero attached hydrogens (tertiary/aromatic N) is 3. The second-order valence-electron chi connectivity index (χ2n) is 6.71. The summed E-state index contributed by atoms with van der Waals surface area (Å²) in [7, 11) is 1.65. The van der Waals surface area contributed by atoms with Gasteiger partial charge in [-0.1, -0.05) is 0 Å². The van der Waals surface area contributed by atoms with Crippen molar-refractivity contribution in [1.82, 2.24) is 19.9 Å². The number of ether oxygens (including phenoxy) is 1. The molecule has 3 aromatic rings. The number of nitrogens with one attached hydrogen (secondary N) is 2. The van der Waals surface area contributed by atoms with E-state index >= 15 is 0 Å². The summed E-state index contributed by atoms with van der Waals surface area (Å²) in [5.74, 6) is 3.15. The largest absolute Gasteiger partial charge is 0.497 e. The van der Waals surface area contributed by atoms with E-state index in [4.69, 9.17) is 16.2 Å². The standard InChI is InChI=1S/C18H23N7O/c1-26-12-2-3-13-15(8-12)23-16(22-13)4-5-21-17-9-14(24-18(20)25-17)10-6-11(19)7-10/h2-3,8-11H,4-7,19H2,1H3,(H,22,23)(H3,20,21,24,25). The monoisotopic (exact) mass is 353 g/mol. The van der Waals surface area contributed by atoms with Crippen molar-refractivity contribution in [2.24, 2.45) is 5.73 Å². The number of hydrogen-bond acceptors (Lipinski definition) is 7. The van der Waals surface area contributed by atoms with Gasteiger partial charge in [0.25, 0.3) is 0 Å². The van der Waals surface area contributed by atoms with E-state index in [0.717, 1.165) is 53.4 Å². The van der Waals surface area contributed by atoms with Gasteiger partial charge in [0, 0.05) is 37.1 Å². The minimum Gasteiger partial charge on any atom is -0.497 e. The van der Waals surface area contributed by atoms with E-state index < -0.39 is 0 Å². The quantitative estimate of drug-likeness (QED) is 0.532. The SMILES string of the molecule is COc1ccc2nc(CCNc3cc(C4CC(N)C4)nc(N)n3)[nH]c2c1. The highest BCUT2D eigenvalue weighted by molar-refractivity contribution is 5.76. The minimum absolute atomic E-state index is 0.277. The lowest BCUT2D eigenvalue weighted by atomic mass is 9.78. The van der Waals surface area contributed by atoms with Crippen LogP contribution in [-0.2, 0) is 6.42 Å². The van der Waals surface area contributed by atoms with Gasteiger partial charge in [-0.25, -0.2) is 9.97 Å². The molecule has 0 radical (unpaired) electrons. The molecular formula is C18H23N7O. The van der Waals surface area contributed by atoms with Crippen LogP contribution in [0.3, 0.4) is 0 Å². The number of methoxy groups -OCH3 is 1. The Morgan fingerprint density at radius 1 is 1.23 bits per heavy atom. The fraction of sp³-hybridized carbons (Fsp3) is 0.389. The van der Waals surface area contributed by atoms with Gasteiger partial charge in [-0.3, -0.25) is 0 Å². The van der Waals surface area contributed by atoms with Crippen LogP contribution >= 0.6 is 0 Å². The first-order chi connectivity index (χ1) is 12.6. The summed E-state index contributed by atoms with van der Waals surface area (Å²) in [6.07, 6.45) is 2.65. The van der Waals surface area contributed by atoms with Crippen LogP contribution in [0.1, 0.15) is 30.3 Å². The smallest absolute Gasteiger partial charge is 0.222 e. The average molecular weight is 353 g/mol. The zero-order chi connectivity index (χ0) is 18.1. The molecule has 1 saturated carbocycles. The van der Waals surface area contributed by atoms with Gasteiger partial charge >= 0.3 is 0 Å². The first-order valence-electron chi connectivity index (χ1n) is 8.77. The number of rotatable bonds is 6. The van der Waals surface area contributed by atoms with Crippen LogP contribution in [-0.4, -0.2) is 39.6 Å². The number of H-pyrrole nitrogens is 1. The normalized spacial score (nSPS) is 19.3. The molecule has 0 saturated heterocycles. The summed E-state index contributed by atoms with van der Waals surface area (Å²) < 4.78 is 5.24. The van der Waals surface area contributed by atoms with Crippen molar-refractivity contribution in [3.63, 3.8) is 0 Å². The van der Waals surface area contributed by atoms with E-state index in [1.54, 1.807) is 7.11 Å². The second kappa shape index (κ2) is 6.80. The van der Waals surface area contributed by atoms with Crippen molar-refractivity contribution in [3.8, 4) is 5.75 Å². The van der Waals surface area contributed by atoms with Crippen LogP contribution < -0.4 is 21.5 Å². The van der Waals surface area contributed by atoms with E-state index in [1.165, 1.54) is 0 Å². The number of imidazole rings is 1. The van der Waals surface area contributed by atoms with Crippen LogP contribution in [0.5, 0.6) is 5.75 Å². The maximum atomic E-state index is 5.87. The van der Waals surface area contributed by atoms with Crippen LogP contribution in [0.4, 0.5) is 11.8 Å². The molecule has 6 N–H and O–H groups in total. The number of hydrogen-bond donors (Lipinski definition) is 4. The summed E-state index contributed by atoms with van der Waals surface area (Å²) in [5, 5.41) is 3.31. The Hall–Kier alpha value is -2.87. The van der Waals surface area contributed by atoms with Crippen LogP contribution in [0.2, 0.25) is 0 Å². The van der Waals surface area contributed by atoms with Gasteiger partial charge in [0.1, 0.15) is 17.4 Å². The third kappa shape index (κ3) is 3.41. The number of benzene rings is 1. The van der Waals surface area contributed by atoms with Crippen molar-refractivity contribution < 1.29 is 4.74 Å². The van der Waals surface area contributed by atoms with Gasteiger partial charge in [0.05, 0.1) is 23.8 Å². The Balaban J connectivity index is 1.40. The lowest BCUT2D eigenvalue weighted by Crippen LogP contribution is -2.35. The third-order valence-corrected chi connectivity index (χ3v) is 4.76. The van der Waals surface area contributed by atoms with Crippen molar-refractivity contribution in [3.05, 3.63) is 35.8 Å². The summed E-state index contributed by atoms with van der Waals surface area (Å²) >= 11 is 0. The number of aromatic amines is 1. The van der Waals surface area contributed by atoms with Gasteiger partial charge < -0.3 is 26.5 Å². The molecule has 8 nitrogen and oxygen atoms in total. The number of aromatic nitrogens is 4. The second-order valence-corrected chi connectivity index (χ2v) is 6.71. The van der Waals surface area contributed by atoms with Gasteiger partial charge in [-0.2, -0.15) is 4.98 Å². The van der Waals surface area contributed by atoms with Crippen LogP contribution in [0, 0.1) is 0 Å². The summed E-state index contributed by atoms with van der Waals surface area (Å²) in [6, 6.07) is 8.04. The summed E-state index contributed by atoms with van der Waals surface area (Å²) in [4.78, 5) is 16.5. The maximum Gasteiger partial charge on any atom is 0.222 e. The van der Waals surface area contributed by atoms with E-state index in [1.807, 2.05) is 24.3 Å². The molecule has 0 atom stereocenters. The Labute approximate surface area is 151 Å². The molecule has 0 spiro atoms. The van der Waals surface area contributed by atoms with E-state index in [0.29, 0.717) is 18.4 Å². The fourth-order valence-electron chi connectivity index (χ4n) is 3.28. The topological polar surface area (TPSA) is 128 Å². The fourth-order valence-corrected chi connectivity index (χ4v) is 3.28.